The van der Waals surface area contributed by atoms with Crippen molar-refractivity contribution in [3.63, 3.8) is 0 Å². The quantitative estimate of drug-likeness (QED) is 0.758. The van der Waals surface area contributed by atoms with Gasteiger partial charge in [0, 0.05) is 17.3 Å². The van der Waals surface area contributed by atoms with E-state index in [1.807, 2.05) is 24.3 Å². The molecule has 0 unspecified atom stereocenters. The lowest BCUT2D eigenvalue weighted by Crippen LogP contribution is -2.31. The van der Waals surface area contributed by atoms with E-state index >= 15 is 0 Å². The van der Waals surface area contributed by atoms with Crippen LogP contribution in [-0.2, 0) is 0 Å². The first-order valence-corrected chi connectivity index (χ1v) is 7.90. The molecule has 5 heteroatoms. The van der Waals surface area contributed by atoms with E-state index < -0.39 is 11.6 Å². The molecule has 2 aromatic carbocycles. The van der Waals surface area contributed by atoms with Crippen molar-refractivity contribution in [1.82, 2.24) is 5.32 Å². The molecule has 2 N–H and O–H groups in total. The smallest absolute Gasteiger partial charge is 0.171 e. The predicted octanol–water partition coefficient (Wildman–Crippen LogP) is 5.14. The molecule has 0 heterocycles. The summed E-state index contributed by atoms with van der Waals surface area (Å²) in [7, 11) is 0. The highest BCUT2D eigenvalue weighted by atomic mass is 32.1. The van der Waals surface area contributed by atoms with E-state index in [2.05, 4.69) is 24.5 Å². The van der Waals surface area contributed by atoms with Crippen molar-refractivity contribution in [2.24, 2.45) is 0 Å². The highest BCUT2D eigenvalue weighted by Crippen LogP contribution is 2.19. The van der Waals surface area contributed by atoms with E-state index in [9.17, 15) is 8.78 Å². The molecule has 0 radical (unpaired) electrons. The molecule has 0 aliphatic heterocycles. The van der Waals surface area contributed by atoms with Crippen LogP contribution >= 0.6 is 12.2 Å². The first-order valence-electron chi connectivity index (χ1n) is 7.49. The van der Waals surface area contributed by atoms with Gasteiger partial charge in [-0.15, -0.1) is 0 Å². The van der Waals surface area contributed by atoms with Crippen LogP contribution in [0.5, 0.6) is 0 Å². The molecule has 0 aliphatic carbocycles. The summed E-state index contributed by atoms with van der Waals surface area (Å²) in [5.74, 6) is -0.714. The maximum absolute atomic E-state index is 13.8. The van der Waals surface area contributed by atoms with Gasteiger partial charge in [0.2, 0.25) is 0 Å². The average molecular weight is 334 g/mol. The first-order chi connectivity index (χ1) is 10.9. The zero-order valence-electron chi connectivity index (χ0n) is 13.4. The van der Waals surface area contributed by atoms with Crippen LogP contribution in [0.15, 0.2) is 42.5 Å². The summed E-state index contributed by atoms with van der Waals surface area (Å²) in [4.78, 5) is 0. The van der Waals surface area contributed by atoms with Crippen molar-refractivity contribution in [1.29, 1.82) is 0 Å². The van der Waals surface area contributed by atoms with Crippen molar-refractivity contribution >= 4 is 23.0 Å². The summed E-state index contributed by atoms with van der Waals surface area (Å²) in [6, 6.07) is 11.1. The first kappa shape index (κ1) is 17.3. The summed E-state index contributed by atoms with van der Waals surface area (Å²) >= 11 is 5.25. The van der Waals surface area contributed by atoms with Gasteiger partial charge in [-0.05, 0) is 48.8 Å². The Morgan fingerprint density at radius 1 is 1.00 bits per heavy atom. The molecule has 23 heavy (non-hydrogen) atoms. The Hall–Kier alpha value is -2.01. The van der Waals surface area contributed by atoms with Crippen LogP contribution in [0, 0.1) is 11.6 Å². The molecule has 1 atom stereocenters. The molecule has 122 valence electrons. The van der Waals surface area contributed by atoms with Crippen molar-refractivity contribution < 1.29 is 8.78 Å². The van der Waals surface area contributed by atoms with Gasteiger partial charge < -0.3 is 10.6 Å². The second-order valence-electron chi connectivity index (χ2n) is 5.76. The number of anilines is 1. The van der Waals surface area contributed by atoms with Crippen molar-refractivity contribution in [3.8, 4) is 0 Å². The minimum absolute atomic E-state index is 0.366. The molecule has 0 bridgehead atoms. The molecular weight excluding hydrogens is 314 g/mol. The van der Waals surface area contributed by atoms with Crippen molar-refractivity contribution in [2.45, 2.75) is 32.7 Å². The van der Waals surface area contributed by atoms with Gasteiger partial charge in [-0.1, -0.05) is 32.0 Å². The Bertz CT molecular complexity index is 684. The Labute approximate surface area is 140 Å². The SMILES string of the molecule is CC(C)c1ccc(NC(=S)N[C@H](C)c2ccc(F)cc2F)cc1. The third kappa shape index (κ3) is 4.73. The fourth-order valence-corrected chi connectivity index (χ4v) is 2.54. The summed E-state index contributed by atoms with van der Waals surface area (Å²) in [6.07, 6.45) is 0. The van der Waals surface area contributed by atoms with Gasteiger partial charge in [0.15, 0.2) is 5.11 Å². The molecule has 0 saturated carbocycles. The predicted molar refractivity (Wildman–Crippen MR) is 94.7 cm³/mol. The average Bonchev–Trinajstić information content (AvgIpc) is 2.47. The molecule has 2 nitrogen and oxygen atoms in total. The largest absolute Gasteiger partial charge is 0.356 e. The molecule has 2 rings (SSSR count). The monoisotopic (exact) mass is 334 g/mol. The van der Waals surface area contributed by atoms with Crippen LogP contribution in [0.25, 0.3) is 0 Å². The Kier molecular flexibility index (Phi) is 5.66. The van der Waals surface area contributed by atoms with E-state index in [0.29, 0.717) is 16.6 Å². The Balaban J connectivity index is 1.98. The number of hydrogen-bond donors (Lipinski definition) is 2. The number of thiocarbonyl (C=S) groups is 1. The number of rotatable bonds is 4. The van der Waals surface area contributed by atoms with E-state index in [4.69, 9.17) is 12.2 Å². The van der Waals surface area contributed by atoms with Crippen LogP contribution in [0.4, 0.5) is 14.5 Å². The summed E-state index contributed by atoms with van der Waals surface area (Å²) < 4.78 is 26.7. The van der Waals surface area contributed by atoms with Crippen LogP contribution in [0.2, 0.25) is 0 Å². The molecule has 0 saturated heterocycles. The fourth-order valence-electron chi connectivity index (χ4n) is 2.25. The standard InChI is InChI=1S/C18H20F2N2S/c1-11(2)13-4-7-15(8-5-13)22-18(23)21-12(3)16-9-6-14(19)10-17(16)20/h4-12H,1-3H3,(H2,21,22,23)/t12-/m1/s1. The third-order valence-corrected chi connectivity index (χ3v) is 3.83. The minimum Gasteiger partial charge on any atom is -0.356 e. The van der Waals surface area contributed by atoms with Crippen LogP contribution in [0.3, 0.4) is 0 Å². The molecule has 0 aromatic heterocycles. The Morgan fingerprint density at radius 3 is 2.22 bits per heavy atom. The normalized spacial score (nSPS) is 12.1. The molecule has 2 aromatic rings. The van der Waals surface area contributed by atoms with Crippen LogP contribution in [0.1, 0.15) is 43.9 Å². The number of halogens is 2. The van der Waals surface area contributed by atoms with Crippen molar-refractivity contribution in [3.05, 3.63) is 65.2 Å². The maximum Gasteiger partial charge on any atom is 0.171 e. The molecule has 0 spiro atoms. The van der Waals surface area contributed by atoms with Crippen LogP contribution in [-0.4, -0.2) is 5.11 Å². The summed E-state index contributed by atoms with van der Waals surface area (Å²) in [5.41, 5.74) is 2.47. The molecular formula is C18H20F2N2S. The summed E-state index contributed by atoms with van der Waals surface area (Å²) in [5, 5.41) is 6.45. The molecule has 0 fully saturated rings. The Morgan fingerprint density at radius 2 is 1.65 bits per heavy atom. The maximum atomic E-state index is 13.8. The zero-order valence-corrected chi connectivity index (χ0v) is 14.2. The van der Waals surface area contributed by atoms with E-state index in [1.165, 1.54) is 17.7 Å². The molecule has 0 amide bonds. The van der Waals surface area contributed by atoms with Gasteiger partial charge >= 0.3 is 0 Å². The number of hydrogen-bond acceptors (Lipinski definition) is 1. The van der Waals surface area contributed by atoms with Gasteiger partial charge in [0.05, 0.1) is 6.04 Å². The summed E-state index contributed by atoms with van der Waals surface area (Å²) in [6.45, 7) is 6.03. The number of benzene rings is 2. The van der Waals surface area contributed by atoms with Gasteiger partial charge in [-0.3, -0.25) is 0 Å². The minimum atomic E-state index is -0.593. The van der Waals surface area contributed by atoms with Crippen LogP contribution < -0.4 is 10.6 Å². The van der Waals surface area contributed by atoms with Gasteiger partial charge in [0.1, 0.15) is 11.6 Å². The van der Waals surface area contributed by atoms with Gasteiger partial charge in [0.25, 0.3) is 0 Å². The van der Waals surface area contributed by atoms with E-state index in [0.717, 1.165) is 11.8 Å². The second kappa shape index (κ2) is 7.51. The lowest BCUT2D eigenvalue weighted by molar-refractivity contribution is 0.554. The van der Waals surface area contributed by atoms with Gasteiger partial charge in [-0.25, -0.2) is 8.78 Å². The lowest BCUT2D eigenvalue weighted by Gasteiger charge is -2.18. The zero-order chi connectivity index (χ0) is 17.0. The number of nitrogens with one attached hydrogen (secondary N) is 2. The van der Waals surface area contributed by atoms with Crippen molar-refractivity contribution in [2.75, 3.05) is 5.32 Å². The third-order valence-electron chi connectivity index (χ3n) is 3.61. The highest BCUT2D eigenvalue weighted by molar-refractivity contribution is 7.80. The fraction of sp³-hybridized carbons (Fsp3) is 0.278. The lowest BCUT2D eigenvalue weighted by atomic mass is 10.0. The van der Waals surface area contributed by atoms with E-state index in [1.54, 1.807) is 6.92 Å². The van der Waals surface area contributed by atoms with Gasteiger partial charge in [-0.2, -0.15) is 0 Å². The topological polar surface area (TPSA) is 24.1 Å². The molecule has 0 aliphatic rings. The highest BCUT2D eigenvalue weighted by Gasteiger charge is 2.12. The van der Waals surface area contributed by atoms with E-state index in [-0.39, 0.29) is 6.04 Å². The second-order valence-corrected chi connectivity index (χ2v) is 6.17.